The van der Waals surface area contributed by atoms with Gasteiger partial charge in [0.15, 0.2) is 0 Å². The van der Waals surface area contributed by atoms with E-state index < -0.39 is 30.6 Å². The highest BCUT2D eigenvalue weighted by Gasteiger charge is 2.30. The lowest BCUT2D eigenvalue weighted by molar-refractivity contribution is -0.141. The second-order valence-corrected chi connectivity index (χ2v) is 3.91. The van der Waals surface area contributed by atoms with Crippen molar-refractivity contribution in [2.75, 3.05) is 0 Å². The molecule has 8 heteroatoms. The van der Waals surface area contributed by atoms with Gasteiger partial charge < -0.3 is 15.0 Å². The molecule has 5 nitrogen and oxygen atoms in total. The average Bonchev–Trinajstić information content (AvgIpc) is 2.70. The van der Waals surface area contributed by atoms with E-state index in [1.54, 1.807) is 6.92 Å². The normalized spacial score (nSPS) is 13.1. The van der Waals surface area contributed by atoms with Crippen LogP contribution in [0.25, 0.3) is 0 Å². The molecule has 106 valence electrons. The van der Waals surface area contributed by atoms with Crippen LogP contribution >= 0.6 is 0 Å². The van der Waals surface area contributed by atoms with E-state index in [0.717, 1.165) is 10.8 Å². The zero-order valence-corrected chi connectivity index (χ0v) is 10.1. The number of carboxylic acids is 1. The van der Waals surface area contributed by atoms with Crippen molar-refractivity contribution >= 4 is 11.9 Å². The molecule has 0 aliphatic rings. The van der Waals surface area contributed by atoms with Crippen LogP contribution in [0.2, 0.25) is 0 Å². The zero-order valence-electron chi connectivity index (χ0n) is 10.1. The molecule has 0 aromatic carbocycles. The summed E-state index contributed by atoms with van der Waals surface area (Å²) < 4.78 is 37.5. The molecule has 0 aliphatic carbocycles. The fraction of sp³-hybridized carbons (Fsp3) is 0.455. The van der Waals surface area contributed by atoms with Crippen molar-refractivity contribution in [3.63, 3.8) is 0 Å². The van der Waals surface area contributed by atoms with E-state index in [9.17, 15) is 22.8 Å². The van der Waals surface area contributed by atoms with Crippen LogP contribution < -0.4 is 5.32 Å². The molecule has 19 heavy (non-hydrogen) atoms. The van der Waals surface area contributed by atoms with E-state index >= 15 is 0 Å². The van der Waals surface area contributed by atoms with Crippen molar-refractivity contribution in [3.8, 4) is 0 Å². The summed E-state index contributed by atoms with van der Waals surface area (Å²) >= 11 is 0. The molecule has 1 rings (SSSR count). The molecule has 0 bridgehead atoms. The number of halogens is 3. The van der Waals surface area contributed by atoms with Gasteiger partial charge in [-0.2, -0.15) is 13.2 Å². The van der Waals surface area contributed by atoms with Crippen molar-refractivity contribution in [2.45, 2.75) is 32.1 Å². The SMILES string of the molecule is CCC(NC(=O)c1cccn1CC(F)(F)F)C(=O)O. The van der Waals surface area contributed by atoms with Crippen molar-refractivity contribution < 1.29 is 27.9 Å². The minimum Gasteiger partial charge on any atom is -0.480 e. The van der Waals surface area contributed by atoms with Gasteiger partial charge in [0.1, 0.15) is 18.3 Å². The number of amides is 1. The van der Waals surface area contributed by atoms with Crippen LogP contribution in [0.5, 0.6) is 0 Å². The molecule has 0 aliphatic heterocycles. The van der Waals surface area contributed by atoms with Crippen molar-refractivity contribution in [1.29, 1.82) is 0 Å². The molecule has 0 saturated heterocycles. The summed E-state index contributed by atoms with van der Waals surface area (Å²) in [7, 11) is 0. The van der Waals surface area contributed by atoms with Gasteiger partial charge in [-0.3, -0.25) is 4.79 Å². The average molecular weight is 278 g/mol. The van der Waals surface area contributed by atoms with Crippen LogP contribution in [0.4, 0.5) is 13.2 Å². The quantitative estimate of drug-likeness (QED) is 0.860. The summed E-state index contributed by atoms with van der Waals surface area (Å²) in [5, 5.41) is 10.9. The molecule has 0 spiro atoms. The number of alkyl halides is 3. The fourth-order valence-electron chi connectivity index (χ4n) is 1.52. The Hall–Kier alpha value is -1.99. The highest BCUT2D eigenvalue weighted by atomic mass is 19.4. The Labute approximate surface area is 107 Å². The molecule has 2 N–H and O–H groups in total. The predicted molar refractivity (Wildman–Crippen MR) is 59.7 cm³/mol. The predicted octanol–water partition coefficient (Wildman–Crippen LogP) is 1.64. The summed E-state index contributed by atoms with van der Waals surface area (Å²) in [4.78, 5) is 22.5. The van der Waals surface area contributed by atoms with Gasteiger partial charge >= 0.3 is 12.1 Å². The maximum Gasteiger partial charge on any atom is 0.406 e. The van der Waals surface area contributed by atoms with Crippen molar-refractivity contribution in [3.05, 3.63) is 24.0 Å². The lowest BCUT2D eigenvalue weighted by atomic mass is 10.2. The molecular weight excluding hydrogens is 265 g/mol. The Kier molecular flexibility index (Phi) is 4.57. The second kappa shape index (κ2) is 5.77. The molecule has 0 saturated carbocycles. The standard InChI is InChI=1S/C11H13F3N2O3/c1-2-7(10(18)19)15-9(17)8-4-3-5-16(8)6-11(12,13)14/h3-5,7H,2,6H2,1H3,(H,15,17)(H,18,19). The summed E-state index contributed by atoms with van der Waals surface area (Å²) in [5.74, 6) is -2.08. The van der Waals surface area contributed by atoms with Gasteiger partial charge in [-0.25, -0.2) is 4.79 Å². The zero-order chi connectivity index (χ0) is 14.6. The number of rotatable bonds is 5. The highest BCUT2D eigenvalue weighted by Crippen LogP contribution is 2.19. The number of aromatic nitrogens is 1. The van der Waals surface area contributed by atoms with E-state index in [4.69, 9.17) is 5.11 Å². The van der Waals surface area contributed by atoms with Crippen molar-refractivity contribution in [2.24, 2.45) is 0 Å². The van der Waals surface area contributed by atoms with E-state index in [-0.39, 0.29) is 12.1 Å². The number of carbonyl (C=O) groups is 2. The van der Waals surface area contributed by atoms with Crippen LogP contribution in [0.1, 0.15) is 23.8 Å². The Balaban J connectivity index is 2.83. The number of carboxylic acid groups (broad SMARTS) is 1. The second-order valence-electron chi connectivity index (χ2n) is 3.91. The van der Waals surface area contributed by atoms with Gasteiger partial charge in [0, 0.05) is 6.20 Å². The van der Waals surface area contributed by atoms with Crippen LogP contribution in [0.3, 0.4) is 0 Å². The lowest BCUT2D eigenvalue weighted by Crippen LogP contribution is -2.41. The van der Waals surface area contributed by atoms with E-state index in [1.165, 1.54) is 12.1 Å². The third kappa shape index (κ3) is 4.31. The summed E-state index contributed by atoms with van der Waals surface area (Å²) in [6.07, 6.45) is -3.20. The summed E-state index contributed by atoms with van der Waals surface area (Å²) in [6, 6.07) is 1.37. The molecule has 1 amide bonds. The summed E-state index contributed by atoms with van der Waals surface area (Å²) in [5.41, 5.74) is -0.225. The van der Waals surface area contributed by atoms with Crippen LogP contribution in [0, 0.1) is 0 Å². The van der Waals surface area contributed by atoms with Crippen LogP contribution in [-0.2, 0) is 11.3 Å². The molecule has 0 radical (unpaired) electrons. The largest absolute Gasteiger partial charge is 0.480 e. The topological polar surface area (TPSA) is 71.3 Å². The van der Waals surface area contributed by atoms with E-state index in [0.29, 0.717) is 0 Å². The summed E-state index contributed by atoms with van der Waals surface area (Å²) in [6.45, 7) is 0.250. The van der Waals surface area contributed by atoms with Gasteiger partial charge in [-0.05, 0) is 18.6 Å². The Bertz CT molecular complexity index is 468. The molecular formula is C11H13F3N2O3. The molecule has 1 atom stereocenters. The third-order valence-electron chi connectivity index (χ3n) is 2.42. The first-order valence-corrected chi connectivity index (χ1v) is 5.50. The number of carbonyl (C=O) groups excluding carboxylic acids is 1. The molecule has 1 aromatic rings. The van der Waals surface area contributed by atoms with Crippen molar-refractivity contribution in [1.82, 2.24) is 9.88 Å². The van der Waals surface area contributed by atoms with Gasteiger partial charge in [0.2, 0.25) is 0 Å². The molecule has 1 unspecified atom stereocenters. The first-order valence-electron chi connectivity index (χ1n) is 5.50. The number of hydrogen-bond acceptors (Lipinski definition) is 2. The van der Waals surface area contributed by atoms with Gasteiger partial charge in [0.25, 0.3) is 5.91 Å². The molecule has 1 aromatic heterocycles. The molecule has 0 fully saturated rings. The van der Waals surface area contributed by atoms with Gasteiger partial charge in [-0.1, -0.05) is 6.92 Å². The minimum atomic E-state index is -4.45. The monoisotopic (exact) mass is 278 g/mol. The Morgan fingerprint density at radius 3 is 2.58 bits per heavy atom. The van der Waals surface area contributed by atoms with Crippen LogP contribution in [0.15, 0.2) is 18.3 Å². The Morgan fingerprint density at radius 2 is 2.11 bits per heavy atom. The minimum absolute atomic E-state index is 0.140. The van der Waals surface area contributed by atoms with E-state index in [1.807, 2.05) is 0 Å². The third-order valence-corrected chi connectivity index (χ3v) is 2.42. The first kappa shape index (κ1) is 15.1. The number of nitrogens with zero attached hydrogens (tertiary/aromatic N) is 1. The maximum atomic E-state index is 12.3. The number of hydrogen-bond donors (Lipinski definition) is 2. The highest BCUT2D eigenvalue weighted by molar-refractivity contribution is 5.95. The smallest absolute Gasteiger partial charge is 0.406 e. The maximum absolute atomic E-state index is 12.3. The van der Waals surface area contributed by atoms with Crippen LogP contribution in [-0.4, -0.2) is 33.8 Å². The number of aliphatic carboxylic acids is 1. The fourth-order valence-corrected chi connectivity index (χ4v) is 1.52. The molecule has 1 heterocycles. The van der Waals surface area contributed by atoms with Gasteiger partial charge in [-0.15, -0.1) is 0 Å². The van der Waals surface area contributed by atoms with E-state index in [2.05, 4.69) is 5.32 Å². The van der Waals surface area contributed by atoms with Gasteiger partial charge in [0.05, 0.1) is 0 Å². The first-order chi connectivity index (χ1) is 8.74. The Morgan fingerprint density at radius 1 is 1.47 bits per heavy atom. The lowest BCUT2D eigenvalue weighted by Gasteiger charge is -2.15. The number of nitrogens with one attached hydrogen (secondary N) is 1.